The lowest BCUT2D eigenvalue weighted by molar-refractivity contribution is -0.137. The molecule has 1 aromatic carbocycles. The SMILES string of the molecule is O=C(O)CCCC=CC[C@H]1[C@H](CCNCC(=O)NCc2ccccc2)[C@@H]2CC[C@H]1O2. The van der Waals surface area contributed by atoms with E-state index in [-0.39, 0.29) is 12.3 Å². The number of allylic oxidation sites excluding steroid dienone is 2. The van der Waals surface area contributed by atoms with E-state index < -0.39 is 5.97 Å². The first-order valence-electron chi connectivity index (χ1n) is 11.2. The molecule has 2 saturated heterocycles. The molecule has 0 aliphatic carbocycles. The van der Waals surface area contributed by atoms with Gasteiger partial charge in [-0.2, -0.15) is 0 Å². The van der Waals surface area contributed by atoms with Crippen LogP contribution in [0.2, 0.25) is 0 Å². The summed E-state index contributed by atoms with van der Waals surface area (Å²) in [5.41, 5.74) is 1.10. The highest BCUT2D eigenvalue weighted by molar-refractivity contribution is 5.77. The van der Waals surface area contributed by atoms with Crippen LogP contribution in [0.3, 0.4) is 0 Å². The smallest absolute Gasteiger partial charge is 0.303 e. The van der Waals surface area contributed by atoms with Gasteiger partial charge >= 0.3 is 5.97 Å². The van der Waals surface area contributed by atoms with Gasteiger partial charge in [-0.25, -0.2) is 0 Å². The molecule has 0 unspecified atom stereocenters. The molecule has 2 fully saturated rings. The van der Waals surface area contributed by atoms with Gasteiger partial charge in [-0.15, -0.1) is 0 Å². The first-order chi connectivity index (χ1) is 14.6. The lowest BCUT2D eigenvalue weighted by Gasteiger charge is -2.27. The fourth-order valence-electron chi connectivity index (χ4n) is 4.67. The number of hydrogen-bond donors (Lipinski definition) is 3. The third-order valence-corrected chi connectivity index (χ3v) is 6.20. The van der Waals surface area contributed by atoms with E-state index in [4.69, 9.17) is 9.84 Å². The molecule has 0 aromatic heterocycles. The number of carboxylic acid groups (broad SMARTS) is 1. The molecule has 4 atom stereocenters. The van der Waals surface area contributed by atoms with Crippen molar-refractivity contribution < 1.29 is 19.4 Å². The van der Waals surface area contributed by atoms with Crippen molar-refractivity contribution in [3.63, 3.8) is 0 Å². The van der Waals surface area contributed by atoms with Crippen LogP contribution in [0.4, 0.5) is 0 Å². The second kappa shape index (κ2) is 11.9. The normalized spacial score (nSPS) is 25.1. The highest BCUT2D eigenvalue weighted by Gasteiger charge is 2.47. The molecule has 164 valence electrons. The molecule has 30 heavy (non-hydrogen) atoms. The fraction of sp³-hybridized carbons (Fsp3) is 0.583. The average Bonchev–Trinajstić information content (AvgIpc) is 3.35. The topological polar surface area (TPSA) is 87.7 Å². The number of unbranched alkanes of at least 4 members (excludes halogenated alkanes) is 1. The van der Waals surface area contributed by atoms with Gasteiger partial charge in [-0.3, -0.25) is 9.59 Å². The molecule has 0 spiro atoms. The number of amides is 1. The maximum Gasteiger partial charge on any atom is 0.303 e. The summed E-state index contributed by atoms with van der Waals surface area (Å²) in [4.78, 5) is 22.6. The van der Waals surface area contributed by atoms with E-state index >= 15 is 0 Å². The van der Waals surface area contributed by atoms with Crippen LogP contribution in [0.1, 0.15) is 50.5 Å². The Kier molecular flexibility index (Phi) is 8.90. The van der Waals surface area contributed by atoms with Gasteiger partial charge in [0.15, 0.2) is 0 Å². The number of rotatable bonds is 13. The average molecular weight is 415 g/mol. The van der Waals surface area contributed by atoms with E-state index in [2.05, 4.69) is 22.8 Å². The van der Waals surface area contributed by atoms with Crippen molar-refractivity contribution >= 4 is 11.9 Å². The number of carbonyl (C=O) groups is 2. The van der Waals surface area contributed by atoms with Crippen LogP contribution in [0.5, 0.6) is 0 Å². The van der Waals surface area contributed by atoms with Crippen molar-refractivity contribution in [2.75, 3.05) is 13.1 Å². The Hall–Kier alpha value is -2.18. The number of ether oxygens (including phenoxy) is 1. The molecule has 1 amide bonds. The van der Waals surface area contributed by atoms with E-state index in [0.717, 1.165) is 44.2 Å². The predicted molar refractivity (Wildman–Crippen MR) is 116 cm³/mol. The molecule has 0 saturated carbocycles. The summed E-state index contributed by atoms with van der Waals surface area (Å²) in [6.45, 7) is 1.71. The quantitative estimate of drug-likeness (QED) is 0.341. The minimum atomic E-state index is -0.730. The highest BCUT2D eigenvalue weighted by atomic mass is 16.5. The van der Waals surface area contributed by atoms with E-state index in [1.807, 2.05) is 30.3 Å². The van der Waals surface area contributed by atoms with Crippen LogP contribution >= 0.6 is 0 Å². The molecule has 6 heteroatoms. The van der Waals surface area contributed by atoms with Crippen LogP contribution in [-0.2, 0) is 20.9 Å². The second-order valence-electron chi connectivity index (χ2n) is 8.34. The zero-order chi connectivity index (χ0) is 21.2. The van der Waals surface area contributed by atoms with Gasteiger partial charge in [0.05, 0.1) is 18.8 Å². The van der Waals surface area contributed by atoms with Gasteiger partial charge in [-0.1, -0.05) is 42.5 Å². The molecule has 0 radical (unpaired) electrons. The van der Waals surface area contributed by atoms with Crippen LogP contribution < -0.4 is 10.6 Å². The Balaban J connectivity index is 1.32. The van der Waals surface area contributed by atoms with Gasteiger partial charge < -0.3 is 20.5 Å². The Morgan fingerprint density at radius 2 is 1.87 bits per heavy atom. The second-order valence-corrected chi connectivity index (χ2v) is 8.34. The summed E-state index contributed by atoms with van der Waals surface area (Å²) < 4.78 is 6.15. The molecule has 3 rings (SSSR count). The molecular weight excluding hydrogens is 380 g/mol. The number of aliphatic carboxylic acids is 1. The van der Waals surface area contributed by atoms with E-state index in [1.165, 1.54) is 0 Å². The molecule has 2 aliphatic rings. The highest BCUT2D eigenvalue weighted by Crippen LogP contribution is 2.46. The Bertz CT molecular complexity index is 706. The summed E-state index contributed by atoms with van der Waals surface area (Å²) >= 11 is 0. The third kappa shape index (κ3) is 6.96. The van der Waals surface area contributed by atoms with Crippen molar-refractivity contribution in [3.8, 4) is 0 Å². The van der Waals surface area contributed by atoms with E-state index in [1.54, 1.807) is 0 Å². The van der Waals surface area contributed by atoms with Crippen LogP contribution in [-0.4, -0.2) is 42.3 Å². The number of hydrogen-bond acceptors (Lipinski definition) is 4. The largest absolute Gasteiger partial charge is 0.481 e. The maximum absolute atomic E-state index is 12.0. The van der Waals surface area contributed by atoms with Gasteiger partial charge in [-0.05, 0) is 62.5 Å². The van der Waals surface area contributed by atoms with Gasteiger partial charge in [0.25, 0.3) is 0 Å². The third-order valence-electron chi connectivity index (χ3n) is 6.20. The number of carboxylic acids is 1. The molecule has 3 N–H and O–H groups in total. The minimum absolute atomic E-state index is 0.0175. The summed E-state index contributed by atoms with van der Waals surface area (Å²) in [5.74, 6) is 0.357. The van der Waals surface area contributed by atoms with Crippen LogP contribution in [0, 0.1) is 11.8 Å². The molecule has 2 bridgehead atoms. The van der Waals surface area contributed by atoms with Crippen molar-refractivity contribution in [1.82, 2.24) is 10.6 Å². The number of benzene rings is 1. The molecule has 1 aromatic rings. The fourth-order valence-corrected chi connectivity index (χ4v) is 4.67. The van der Waals surface area contributed by atoms with Crippen molar-refractivity contribution in [2.24, 2.45) is 11.8 Å². The standard InChI is InChI=1S/C24H34N2O4/c27-23(26-16-18-8-4-3-5-9-18)17-25-15-14-20-19(21-12-13-22(20)30-21)10-6-1-2-7-11-24(28)29/h1,3-6,8-9,19-22,25H,2,7,10-17H2,(H,26,27)(H,28,29)/t19-,20-,21+,22-/m0/s1. The summed E-state index contributed by atoms with van der Waals surface area (Å²) in [6, 6.07) is 9.92. The van der Waals surface area contributed by atoms with Crippen molar-refractivity contribution in [1.29, 1.82) is 0 Å². The van der Waals surface area contributed by atoms with Gasteiger partial charge in [0.2, 0.25) is 5.91 Å². The first kappa shape index (κ1) is 22.5. The van der Waals surface area contributed by atoms with E-state index in [0.29, 0.717) is 43.6 Å². The zero-order valence-electron chi connectivity index (χ0n) is 17.6. The summed E-state index contributed by atoms with van der Waals surface area (Å²) in [7, 11) is 0. The Morgan fingerprint density at radius 1 is 1.10 bits per heavy atom. The minimum Gasteiger partial charge on any atom is -0.481 e. The van der Waals surface area contributed by atoms with E-state index in [9.17, 15) is 9.59 Å². The zero-order valence-corrected chi connectivity index (χ0v) is 17.6. The monoisotopic (exact) mass is 414 g/mol. The van der Waals surface area contributed by atoms with Gasteiger partial charge in [0, 0.05) is 13.0 Å². The molecule has 2 aliphatic heterocycles. The number of carbonyl (C=O) groups excluding carboxylic acids is 1. The Morgan fingerprint density at radius 3 is 2.63 bits per heavy atom. The Labute approximate surface area is 179 Å². The van der Waals surface area contributed by atoms with Crippen LogP contribution in [0.25, 0.3) is 0 Å². The van der Waals surface area contributed by atoms with Crippen molar-refractivity contribution in [2.45, 2.75) is 63.7 Å². The number of nitrogens with one attached hydrogen (secondary N) is 2. The molecule has 6 nitrogen and oxygen atoms in total. The summed E-state index contributed by atoms with van der Waals surface area (Å²) in [5, 5.41) is 14.9. The first-order valence-corrected chi connectivity index (χ1v) is 11.2. The predicted octanol–water partition coefficient (Wildman–Crippen LogP) is 3.28. The maximum atomic E-state index is 12.0. The molecule has 2 heterocycles. The van der Waals surface area contributed by atoms with Crippen LogP contribution in [0.15, 0.2) is 42.5 Å². The molecular formula is C24H34N2O4. The lowest BCUT2D eigenvalue weighted by Crippen LogP contribution is -2.36. The summed E-state index contributed by atoms with van der Waals surface area (Å²) in [6.07, 6.45) is 11.1. The van der Waals surface area contributed by atoms with Gasteiger partial charge in [0.1, 0.15) is 0 Å². The number of fused-ring (bicyclic) bond motifs is 2. The lowest BCUT2D eigenvalue weighted by atomic mass is 9.76. The van der Waals surface area contributed by atoms with Crippen molar-refractivity contribution in [3.05, 3.63) is 48.0 Å².